The molecule has 0 spiro atoms. The van der Waals surface area contributed by atoms with Crippen LogP contribution in [-0.2, 0) is 26.2 Å². The standard InChI is InChI=1S/C24H30F3N3O4S/c1-4-13-28-24(32)17(2)29(16-18-8-5-6-9-20(18)25)23(31)10-7-14-30(35(3,33)34)19-11-12-21(26)22(27)15-19/h5-6,8-9,11-12,15,17H,4,7,10,13-14,16H2,1-3H3,(H,28,32). The van der Waals surface area contributed by atoms with Crippen LogP contribution in [0.5, 0.6) is 0 Å². The lowest BCUT2D eigenvalue weighted by atomic mass is 10.1. The lowest BCUT2D eigenvalue weighted by Gasteiger charge is -2.29. The Hall–Kier alpha value is -3.08. The molecule has 0 aliphatic carbocycles. The van der Waals surface area contributed by atoms with E-state index in [1.165, 1.54) is 30.0 Å². The molecule has 0 aliphatic heterocycles. The topological polar surface area (TPSA) is 86.8 Å². The Labute approximate surface area is 204 Å². The Kier molecular flexibility index (Phi) is 10.1. The van der Waals surface area contributed by atoms with Gasteiger partial charge in [0.1, 0.15) is 11.9 Å². The molecule has 0 saturated carbocycles. The van der Waals surface area contributed by atoms with Crippen LogP contribution in [0.15, 0.2) is 42.5 Å². The molecule has 2 aromatic carbocycles. The van der Waals surface area contributed by atoms with Gasteiger partial charge in [-0.15, -0.1) is 0 Å². The summed E-state index contributed by atoms with van der Waals surface area (Å²) in [7, 11) is -3.85. The molecule has 1 atom stereocenters. The molecule has 35 heavy (non-hydrogen) atoms. The van der Waals surface area contributed by atoms with Gasteiger partial charge in [-0.1, -0.05) is 25.1 Å². The number of hydrogen-bond acceptors (Lipinski definition) is 4. The fourth-order valence-corrected chi connectivity index (χ4v) is 4.39. The van der Waals surface area contributed by atoms with Gasteiger partial charge < -0.3 is 10.2 Å². The number of rotatable bonds is 12. The van der Waals surface area contributed by atoms with Gasteiger partial charge in [0.2, 0.25) is 21.8 Å². The molecule has 192 valence electrons. The molecular formula is C24H30F3N3O4S. The van der Waals surface area contributed by atoms with Crippen molar-refractivity contribution in [3.8, 4) is 0 Å². The van der Waals surface area contributed by atoms with Crippen LogP contribution in [0.1, 0.15) is 38.7 Å². The van der Waals surface area contributed by atoms with Gasteiger partial charge in [0, 0.05) is 37.7 Å². The van der Waals surface area contributed by atoms with E-state index >= 15 is 0 Å². The maximum absolute atomic E-state index is 14.2. The highest BCUT2D eigenvalue weighted by atomic mass is 32.2. The average Bonchev–Trinajstić information content (AvgIpc) is 2.80. The highest BCUT2D eigenvalue weighted by Crippen LogP contribution is 2.22. The van der Waals surface area contributed by atoms with E-state index in [1.807, 2.05) is 6.92 Å². The van der Waals surface area contributed by atoms with Gasteiger partial charge in [0.25, 0.3) is 0 Å². The number of sulfonamides is 1. The number of nitrogens with one attached hydrogen (secondary N) is 1. The first-order chi connectivity index (χ1) is 16.5. The van der Waals surface area contributed by atoms with Crippen molar-refractivity contribution >= 4 is 27.5 Å². The first-order valence-electron chi connectivity index (χ1n) is 11.2. The Morgan fingerprint density at radius 3 is 2.31 bits per heavy atom. The van der Waals surface area contributed by atoms with Crippen molar-refractivity contribution in [2.24, 2.45) is 0 Å². The highest BCUT2D eigenvalue weighted by molar-refractivity contribution is 7.92. The first-order valence-corrected chi connectivity index (χ1v) is 13.0. The molecule has 0 heterocycles. The maximum atomic E-state index is 14.2. The van der Waals surface area contributed by atoms with Gasteiger partial charge >= 0.3 is 0 Å². The van der Waals surface area contributed by atoms with Crippen molar-refractivity contribution in [2.75, 3.05) is 23.7 Å². The molecule has 2 amide bonds. The Morgan fingerprint density at radius 2 is 1.71 bits per heavy atom. The molecule has 0 radical (unpaired) electrons. The zero-order valence-corrected chi connectivity index (χ0v) is 20.7. The summed E-state index contributed by atoms with van der Waals surface area (Å²) in [5.41, 5.74) is 0.157. The number of carbonyl (C=O) groups is 2. The second-order valence-electron chi connectivity index (χ2n) is 8.12. The van der Waals surface area contributed by atoms with Crippen LogP contribution in [-0.4, -0.2) is 50.5 Å². The molecule has 2 aromatic rings. The van der Waals surface area contributed by atoms with E-state index in [0.717, 1.165) is 28.8 Å². The molecular weight excluding hydrogens is 483 g/mol. The number of benzene rings is 2. The average molecular weight is 514 g/mol. The maximum Gasteiger partial charge on any atom is 0.242 e. The summed E-state index contributed by atoms with van der Waals surface area (Å²) in [4.78, 5) is 26.9. The molecule has 0 aliphatic rings. The van der Waals surface area contributed by atoms with Gasteiger partial charge in [0.15, 0.2) is 11.6 Å². The molecule has 0 bridgehead atoms. The van der Waals surface area contributed by atoms with Crippen LogP contribution >= 0.6 is 0 Å². The predicted molar refractivity (Wildman–Crippen MR) is 127 cm³/mol. The van der Waals surface area contributed by atoms with E-state index in [9.17, 15) is 31.2 Å². The lowest BCUT2D eigenvalue weighted by molar-refractivity contribution is -0.140. The fraction of sp³-hybridized carbons (Fsp3) is 0.417. The van der Waals surface area contributed by atoms with Gasteiger partial charge in [-0.05, 0) is 38.0 Å². The summed E-state index contributed by atoms with van der Waals surface area (Å²) in [6.45, 7) is 3.51. The summed E-state index contributed by atoms with van der Waals surface area (Å²) >= 11 is 0. The second-order valence-corrected chi connectivity index (χ2v) is 10.0. The lowest BCUT2D eigenvalue weighted by Crippen LogP contribution is -2.48. The second kappa shape index (κ2) is 12.6. The van der Waals surface area contributed by atoms with Crippen molar-refractivity contribution in [3.05, 3.63) is 65.5 Å². The van der Waals surface area contributed by atoms with E-state index in [-0.39, 0.29) is 37.2 Å². The fourth-order valence-electron chi connectivity index (χ4n) is 3.43. The SMILES string of the molecule is CCCNC(=O)C(C)N(Cc1ccccc1F)C(=O)CCCN(c1ccc(F)c(F)c1)S(C)(=O)=O. The molecule has 7 nitrogen and oxygen atoms in total. The normalized spacial score (nSPS) is 12.2. The van der Waals surface area contributed by atoms with Crippen LogP contribution in [0.4, 0.5) is 18.9 Å². The number of carbonyl (C=O) groups excluding carboxylic acids is 2. The van der Waals surface area contributed by atoms with Gasteiger partial charge in [-0.3, -0.25) is 13.9 Å². The Morgan fingerprint density at radius 1 is 1.03 bits per heavy atom. The predicted octanol–water partition coefficient (Wildman–Crippen LogP) is 3.59. The molecule has 11 heteroatoms. The molecule has 1 unspecified atom stereocenters. The summed E-state index contributed by atoms with van der Waals surface area (Å²) < 4.78 is 66.5. The van der Waals surface area contributed by atoms with Gasteiger partial charge in [-0.2, -0.15) is 0 Å². The van der Waals surface area contributed by atoms with Gasteiger partial charge in [-0.25, -0.2) is 21.6 Å². The van der Waals surface area contributed by atoms with Crippen LogP contribution in [0, 0.1) is 17.5 Å². The first kappa shape index (κ1) is 28.2. The zero-order valence-electron chi connectivity index (χ0n) is 19.9. The minimum absolute atomic E-state index is 0.0297. The molecule has 1 N–H and O–H groups in total. The number of nitrogens with zero attached hydrogens (tertiary/aromatic N) is 2. The van der Waals surface area contributed by atoms with Gasteiger partial charge in [0.05, 0.1) is 11.9 Å². The van der Waals surface area contributed by atoms with Crippen molar-refractivity contribution in [3.63, 3.8) is 0 Å². The van der Waals surface area contributed by atoms with Crippen LogP contribution in [0.25, 0.3) is 0 Å². The highest BCUT2D eigenvalue weighted by Gasteiger charge is 2.27. The molecule has 0 fully saturated rings. The summed E-state index contributed by atoms with van der Waals surface area (Å²) in [6, 6.07) is 7.72. The van der Waals surface area contributed by atoms with Crippen molar-refractivity contribution in [2.45, 2.75) is 45.7 Å². The minimum Gasteiger partial charge on any atom is -0.354 e. The molecule has 0 saturated heterocycles. The Bertz CT molecular complexity index is 1140. The number of halogens is 3. The van der Waals surface area contributed by atoms with E-state index in [1.54, 1.807) is 6.07 Å². The monoisotopic (exact) mass is 513 g/mol. The number of hydrogen-bond donors (Lipinski definition) is 1. The number of anilines is 1. The van der Waals surface area contributed by atoms with Crippen LogP contribution < -0.4 is 9.62 Å². The Balaban J connectivity index is 2.18. The van der Waals surface area contributed by atoms with Crippen LogP contribution in [0.3, 0.4) is 0 Å². The summed E-state index contributed by atoms with van der Waals surface area (Å²) in [6.07, 6.45) is 1.49. The zero-order chi connectivity index (χ0) is 26.2. The number of amides is 2. The van der Waals surface area contributed by atoms with E-state index < -0.39 is 45.3 Å². The third kappa shape index (κ3) is 7.98. The van der Waals surface area contributed by atoms with Crippen molar-refractivity contribution < 1.29 is 31.2 Å². The third-order valence-electron chi connectivity index (χ3n) is 5.36. The van der Waals surface area contributed by atoms with Crippen molar-refractivity contribution in [1.29, 1.82) is 0 Å². The van der Waals surface area contributed by atoms with E-state index in [4.69, 9.17) is 0 Å². The van der Waals surface area contributed by atoms with Crippen molar-refractivity contribution in [1.82, 2.24) is 10.2 Å². The largest absolute Gasteiger partial charge is 0.354 e. The summed E-state index contributed by atoms with van der Waals surface area (Å²) in [5, 5.41) is 2.71. The minimum atomic E-state index is -3.85. The third-order valence-corrected chi connectivity index (χ3v) is 6.55. The van der Waals surface area contributed by atoms with E-state index in [0.29, 0.717) is 13.0 Å². The molecule has 0 aromatic heterocycles. The summed E-state index contributed by atoms with van der Waals surface area (Å²) in [5.74, 6) is -3.71. The smallest absolute Gasteiger partial charge is 0.242 e. The van der Waals surface area contributed by atoms with Crippen LogP contribution in [0.2, 0.25) is 0 Å². The quantitative estimate of drug-likeness (QED) is 0.470. The molecule has 2 rings (SSSR count). The van der Waals surface area contributed by atoms with E-state index in [2.05, 4.69) is 5.32 Å².